The molecule has 1 aliphatic heterocycles. The summed E-state index contributed by atoms with van der Waals surface area (Å²) in [6, 6.07) is 0.148. The van der Waals surface area contributed by atoms with Crippen molar-refractivity contribution in [2.75, 3.05) is 18.0 Å². The summed E-state index contributed by atoms with van der Waals surface area (Å²) < 4.78 is 5.71. The Morgan fingerprint density at radius 3 is 2.89 bits per heavy atom. The van der Waals surface area contributed by atoms with Crippen LogP contribution in [0, 0.1) is 6.92 Å². The van der Waals surface area contributed by atoms with Crippen LogP contribution in [0.2, 0.25) is 0 Å². The number of aromatic nitrogens is 5. The van der Waals surface area contributed by atoms with E-state index in [1.54, 1.807) is 4.68 Å². The Bertz CT molecular complexity index is 587. The molecular formula is C9H10N6O2S. The van der Waals surface area contributed by atoms with Crippen molar-refractivity contribution in [3.63, 3.8) is 0 Å². The summed E-state index contributed by atoms with van der Waals surface area (Å²) in [6.45, 7) is 3.35. The Morgan fingerprint density at radius 1 is 1.56 bits per heavy atom. The van der Waals surface area contributed by atoms with E-state index in [1.165, 1.54) is 17.7 Å². The number of aromatic carboxylic acids is 1. The third-order valence-electron chi connectivity index (χ3n) is 2.75. The van der Waals surface area contributed by atoms with Gasteiger partial charge in [-0.1, -0.05) is 5.21 Å². The number of aryl methyl sites for hydroxylation is 1. The van der Waals surface area contributed by atoms with Crippen LogP contribution >= 0.6 is 11.5 Å². The first-order valence-corrected chi connectivity index (χ1v) is 6.11. The Kier molecular flexibility index (Phi) is 2.47. The van der Waals surface area contributed by atoms with E-state index >= 15 is 0 Å². The lowest BCUT2D eigenvalue weighted by atomic mass is 10.1. The lowest BCUT2D eigenvalue weighted by molar-refractivity contribution is 0.0690. The second kappa shape index (κ2) is 4.02. The summed E-state index contributed by atoms with van der Waals surface area (Å²) in [5.74, 6) is -0.287. The number of carbonyl (C=O) groups is 1. The fraction of sp³-hybridized carbons (Fsp3) is 0.444. The maximum Gasteiger partial charge on any atom is 0.358 e. The van der Waals surface area contributed by atoms with Crippen molar-refractivity contribution < 1.29 is 9.90 Å². The molecule has 3 heterocycles. The fourth-order valence-electron chi connectivity index (χ4n) is 1.75. The van der Waals surface area contributed by atoms with E-state index in [2.05, 4.69) is 24.6 Å². The van der Waals surface area contributed by atoms with Crippen LogP contribution in [0.25, 0.3) is 0 Å². The van der Waals surface area contributed by atoms with Gasteiger partial charge in [0.15, 0.2) is 5.69 Å². The van der Waals surface area contributed by atoms with Gasteiger partial charge in [0.25, 0.3) is 0 Å². The van der Waals surface area contributed by atoms with Crippen LogP contribution in [0.15, 0.2) is 6.20 Å². The molecule has 0 saturated carbocycles. The molecule has 0 aliphatic carbocycles. The summed E-state index contributed by atoms with van der Waals surface area (Å²) in [4.78, 5) is 17.1. The summed E-state index contributed by atoms with van der Waals surface area (Å²) in [7, 11) is 0. The molecule has 8 nitrogen and oxygen atoms in total. The van der Waals surface area contributed by atoms with Gasteiger partial charge in [0.2, 0.25) is 5.13 Å². The monoisotopic (exact) mass is 266 g/mol. The van der Waals surface area contributed by atoms with Crippen molar-refractivity contribution in [1.82, 2.24) is 24.4 Å². The first-order valence-electron chi connectivity index (χ1n) is 5.34. The number of anilines is 1. The van der Waals surface area contributed by atoms with Gasteiger partial charge in [-0.05, 0) is 6.92 Å². The van der Waals surface area contributed by atoms with E-state index in [-0.39, 0.29) is 11.7 Å². The minimum Gasteiger partial charge on any atom is -0.476 e. The number of carboxylic acids is 1. The normalized spacial score (nSPS) is 15.7. The molecule has 0 amide bonds. The smallest absolute Gasteiger partial charge is 0.358 e. The highest BCUT2D eigenvalue weighted by Gasteiger charge is 2.31. The van der Waals surface area contributed by atoms with Crippen molar-refractivity contribution in [3.8, 4) is 0 Å². The molecule has 1 N–H and O–H groups in total. The third kappa shape index (κ3) is 1.82. The zero-order valence-electron chi connectivity index (χ0n) is 9.52. The summed E-state index contributed by atoms with van der Waals surface area (Å²) in [5, 5.41) is 17.1. The molecule has 0 radical (unpaired) electrons. The van der Waals surface area contributed by atoms with Gasteiger partial charge >= 0.3 is 5.97 Å². The minimum atomic E-state index is -1.06. The van der Waals surface area contributed by atoms with Crippen LogP contribution in [0.3, 0.4) is 0 Å². The third-order valence-corrected chi connectivity index (χ3v) is 3.62. The predicted octanol–water partition coefficient (Wildman–Crippen LogP) is 0.198. The van der Waals surface area contributed by atoms with Crippen LogP contribution in [0.1, 0.15) is 22.4 Å². The Balaban J connectivity index is 1.66. The van der Waals surface area contributed by atoms with Gasteiger partial charge in [-0.3, -0.25) is 0 Å². The minimum absolute atomic E-state index is 0.0276. The van der Waals surface area contributed by atoms with E-state index in [4.69, 9.17) is 5.11 Å². The van der Waals surface area contributed by atoms with Crippen molar-refractivity contribution in [3.05, 3.63) is 17.7 Å². The Morgan fingerprint density at radius 2 is 2.33 bits per heavy atom. The largest absolute Gasteiger partial charge is 0.476 e. The SMILES string of the molecule is Cc1nsc(N2CC(n3cc(C(=O)O)nn3)C2)n1. The Hall–Kier alpha value is -2.03. The second-order valence-corrected chi connectivity index (χ2v) is 4.80. The number of hydrogen-bond acceptors (Lipinski definition) is 7. The van der Waals surface area contributed by atoms with E-state index in [0.717, 1.165) is 24.0 Å². The molecule has 18 heavy (non-hydrogen) atoms. The highest BCUT2D eigenvalue weighted by atomic mass is 32.1. The molecule has 0 atom stereocenters. The van der Waals surface area contributed by atoms with Gasteiger partial charge in [0, 0.05) is 24.6 Å². The molecule has 1 saturated heterocycles. The molecule has 0 bridgehead atoms. The fourth-order valence-corrected chi connectivity index (χ4v) is 2.44. The number of carboxylic acid groups (broad SMARTS) is 1. The van der Waals surface area contributed by atoms with E-state index in [9.17, 15) is 4.79 Å². The predicted molar refractivity (Wildman–Crippen MR) is 62.9 cm³/mol. The van der Waals surface area contributed by atoms with Crippen LogP contribution in [-0.4, -0.2) is 48.5 Å². The molecule has 1 aliphatic rings. The molecule has 0 aromatic carbocycles. The number of hydrogen-bond donors (Lipinski definition) is 1. The second-order valence-electron chi connectivity index (χ2n) is 4.07. The van der Waals surface area contributed by atoms with Crippen LogP contribution in [0.4, 0.5) is 5.13 Å². The topological polar surface area (TPSA) is 97.0 Å². The molecule has 94 valence electrons. The first kappa shape index (κ1) is 11.1. The first-order chi connectivity index (χ1) is 8.63. The van der Waals surface area contributed by atoms with E-state index in [1.807, 2.05) is 6.92 Å². The molecule has 2 aromatic heterocycles. The molecule has 9 heteroatoms. The number of nitrogens with zero attached hydrogens (tertiary/aromatic N) is 6. The van der Waals surface area contributed by atoms with Gasteiger partial charge in [0.1, 0.15) is 5.82 Å². The highest BCUT2D eigenvalue weighted by molar-refractivity contribution is 7.09. The van der Waals surface area contributed by atoms with Gasteiger partial charge < -0.3 is 10.0 Å². The lowest BCUT2D eigenvalue weighted by Gasteiger charge is -2.38. The quantitative estimate of drug-likeness (QED) is 0.847. The maximum atomic E-state index is 10.7. The zero-order valence-corrected chi connectivity index (χ0v) is 10.3. The van der Waals surface area contributed by atoms with Gasteiger partial charge in [-0.2, -0.15) is 4.37 Å². The average molecular weight is 266 g/mol. The van der Waals surface area contributed by atoms with Crippen LogP contribution in [-0.2, 0) is 0 Å². The Labute approximate surface area is 106 Å². The van der Waals surface area contributed by atoms with Crippen molar-refractivity contribution in [1.29, 1.82) is 0 Å². The molecule has 0 spiro atoms. The summed E-state index contributed by atoms with van der Waals surface area (Å²) in [5.41, 5.74) is -0.0276. The molecule has 1 fully saturated rings. The van der Waals surface area contributed by atoms with Gasteiger partial charge in [-0.25, -0.2) is 14.5 Å². The highest BCUT2D eigenvalue weighted by Crippen LogP contribution is 2.28. The van der Waals surface area contributed by atoms with Gasteiger partial charge in [0.05, 0.1) is 12.2 Å². The maximum absolute atomic E-state index is 10.7. The molecular weight excluding hydrogens is 256 g/mol. The summed E-state index contributed by atoms with van der Waals surface area (Å²) >= 11 is 1.37. The van der Waals surface area contributed by atoms with Crippen LogP contribution in [0.5, 0.6) is 0 Å². The van der Waals surface area contributed by atoms with Crippen LogP contribution < -0.4 is 4.90 Å². The average Bonchev–Trinajstić information content (AvgIpc) is 2.86. The molecule has 3 rings (SSSR count). The lowest BCUT2D eigenvalue weighted by Crippen LogP contribution is -2.48. The van der Waals surface area contributed by atoms with E-state index in [0.29, 0.717) is 0 Å². The van der Waals surface area contributed by atoms with E-state index < -0.39 is 5.97 Å². The standard InChI is InChI=1S/C9H10N6O2S/c1-5-10-9(18-12-5)14-2-6(3-14)15-4-7(8(16)17)11-13-15/h4,6H,2-3H2,1H3,(H,16,17). The van der Waals surface area contributed by atoms with Gasteiger partial charge in [-0.15, -0.1) is 5.10 Å². The number of rotatable bonds is 3. The summed E-state index contributed by atoms with van der Waals surface area (Å²) in [6.07, 6.45) is 1.45. The molecule has 0 unspecified atom stereocenters. The van der Waals surface area contributed by atoms with Crippen molar-refractivity contribution in [2.24, 2.45) is 0 Å². The van der Waals surface area contributed by atoms with Crippen molar-refractivity contribution >= 4 is 22.6 Å². The van der Waals surface area contributed by atoms with Crippen molar-refractivity contribution in [2.45, 2.75) is 13.0 Å². The molecule has 2 aromatic rings. The zero-order chi connectivity index (χ0) is 12.7.